The van der Waals surface area contributed by atoms with Gasteiger partial charge in [-0.1, -0.05) is 18.7 Å². The SMILES string of the molecule is CCCNc1cc(OC2CC(C)OC(C)C2)nc(SC)n1. The molecule has 0 aromatic carbocycles. The molecule has 2 rings (SSSR count). The second-order valence-electron chi connectivity index (χ2n) is 5.47. The quantitative estimate of drug-likeness (QED) is 0.642. The highest BCUT2D eigenvalue weighted by molar-refractivity contribution is 7.98. The third-order valence-electron chi connectivity index (χ3n) is 3.36. The van der Waals surface area contributed by atoms with Crippen LogP contribution in [0.3, 0.4) is 0 Å². The number of nitrogens with zero attached hydrogens (tertiary/aromatic N) is 2. The first-order valence-corrected chi connectivity index (χ1v) is 8.82. The minimum absolute atomic E-state index is 0.160. The van der Waals surface area contributed by atoms with Crippen LogP contribution in [-0.2, 0) is 4.74 Å². The first-order chi connectivity index (χ1) is 10.1. The van der Waals surface area contributed by atoms with E-state index in [4.69, 9.17) is 9.47 Å². The topological polar surface area (TPSA) is 56.3 Å². The van der Waals surface area contributed by atoms with E-state index in [2.05, 4.69) is 36.1 Å². The number of ether oxygens (including phenoxy) is 2. The van der Waals surface area contributed by atoms with E-state index in [1.807, 2.05) is 12.3 Å². The normalized spacial score (nSPS) is 25.6. The number of rotatable bonds is 6. The number of anilines is 1. The van der Waals surface area contributed by atoms with Gasteiger partial charge >= 0.3 is 0 Å². The second kappa shape index (κ2) is 7.84. The number of thioether (sulfide) groups is 1. The largest absolute Gasteiger partial charge is 0.474 e. The lowest BCUT2D eigenvalue weighted by atomic mass is 10.0. The molecule has 2 heterocycles. The van der Waals surface area contributed by atoms with Crippen LogP contribution in [0.2, 0.25) is 0 Å². The van der Waals surface area contributed by atoms with Gasteiger partial charge in [0.05, 0.1) is 12.2 Å². The maximum Gasteiger partial charge on any atom is 0.219 e. The lowest BCUT2D eigenvalue weighted by Crippen LogP contribution is -2.35. The summed E-state index contributed by atoms with van der Waals surface area (Å²) in [6.07, 6.45) is 5.47. The molecule has 21 heavy (non-hydrogen) atoms. The number of aromatic nitrogens is 2. The highest BCUT2D eigenvalue weighted by Crippen LogP contribution is 2.25. The Bertz CT molecular complexity index is 449. The number of hydrogen-bond donors (Lipinski definition) is 1. The van der Waals surface area contributed by atoms with Crippen molar-refractivity contribution in [2.75, 3.05) is 18.1 Å². The van der Waals surface area contributed by atoms with Crippen molar-refractivity contribution in [1.82, 2.24) is 9.97 Å². The smallest absolute Gasteiger partial charge is 0.219 e. The highest BCUT2D eigenvalue weighted by atomic mass is 32.2. The van der Waals surface area contributed by atoms with Crippen LogP contribution in [-0.4, -0.2) is 41.1 Å². The molecular weight excluding hydrogens is 286 g/mol. The summed E-state index contributed by atoms with van der Waals surface area (Å²) in [5.74, 6) is 1.48. The van der Waals surface area contributed by atoms with Crippen molar-refractivity contribution in [3.63, 3.8) is 0 Å². The Labute approximate surface area is 131 Å². The average molecular weight is 311 g/mol. The molecule has 1 aliphatic rings. The van der Waals surface area contributed by atoms with E-state index in [1.54, 1.807) is 0 Å². The molecule has 118 valence electrons. The van der Waals surface area contributed by atoms with Gasteiger partial charge in [0.15, 0.2) is 5.16 Å². The van der Waals surface area contributed by atoms with E-state index in [9.17, 15) is 0 Å². The van der Waals surface area contributed by atoms with E-state index >= 15 is 0 Å². The summed E-state index contributed by atoms with van der Waals surface area (Å²) in [4.78, 5) is 8.90. The molecule has 5 nitrogen and oxygen atoms in total. The molecule has 2 atom stereocenters. The summed E-state index contributed by atoms with van der Waals surface area (Å²) >= 11 is 1.53. The van der Waals surface area contributed by atoms with E-state index in [0.29, 0.717) is 5.88 Å². The minimum atomic E-state index is 0.160. The molecule has 0 amide bonds. The van der Waals surface area contributed by atoms with Crippen LogP contribution in [0.15, 0.2) is 11.2 Å². The van der Waals surface area contributed by atoms with Crippen molar-refractivity contribution in [3.8, 4) is 5.88 Å². The molecule has 0 radical (unpaired) electrons. The molecule has 1 saturated heterocycles. The van der Waals surface area contributed by atoms with Crippen LogP contribution in [0.25, 0.3) is 0 Å². The predicted molar refractivity (Wildman–Crippen MR) is 86.3 cm³/mol. The molecule has 6 heteroatoms. The Morgan fingerprint density at radius 1 is 1.33 bits per heavy atom. The lowest BCUT2D eigenvalue weighted by Gasteiger charge is -2.32. The van der Waals surface area contributed by atoms with E-state index in [1.165, 1.54) is 11.8 Å². The fourth-order valence-electron chi connectivity index (χ4n) is 2.51. The van der Waals surface area contributed by atoms with Gasteiger partial charge in [0.25, 0.3) is 0 Å². The van der Waals surface area contributed by atoms with Crippen LogP contribution in [0, 0.1) is 0 Å². The van der Waals surface area contributed by atoms with Gasteiger partial charge in [-0.2, -0.15) is 4.98 Å². The van der Waals surface area contributed by atoms with Gasteiger partial charge in [-0.15, -0.1) is 0 Å². The summed E-state index contributed by atoms with van der Waals surface area (Å²) < 4.78 is 11.8. The zero-order valence-electron chi connectivity index (χ0n) is 13.3. The van der Waals surface area contributed by atoms with Crippen molar-refractivity contribution in [2.45, 2.75) is 63.5 Å². The van der Waals surface area contributed by atoms with E-state index in [0.717, 1.165) is 36.8 Å². The van der Waals surface area contributed by atoms with Crippen molar-refractivity contribution in [1.29, 1.82) is 0 Å². The lowest BCUT2D eigenvalue weighted by molar-refractivity contribution is -0.0730. The monoisotopic (exact) mass is 311 g/mol. The van der Waals surface area contributed by atoms with Crippen LogP contribution < -0.4 is 10.1 Å². The van der Waals surface area contributed by atoms with Gasteiger partial charge in [0, 0.05) is 25.5 Å². The Hall–Kier alpha value is -1.01. The Morgan fingerprint density at radius 3 is 2.67 bits per heavy atom. The van der Waals surface area contributed by atoms with E-state index < -0.39 is 0 Å². The second-order valence-corrected chi connectivity index (χ2v) is 6.25. The Kier molecular flexibility index (Phi) is 6.11. The Morgan fingerprint density at radius 2 is 2.05 bits per heavy atom. The van der Waals surface area contributed by atoms with Crippen LogP contribution in [0.1, 0.15) is 40.0 Å². The summed E-state index contributed by atoms with van der Waals surface area (Å²) in [6, 6.07) is 1.89. The van der Waals surface area contributed by atoms with Crippen molar-refractivity contribution < 1.29 is 9.47 Å². The predicted octanol–water partition coefficient (Wildman–Crippen LogP) is 3.36. The van der Waals surface area contributed by atoms with Crippen molar-refractivity contribution in [2.24, 2.45) is 0 Å². The van der Waals surface area contributed by atoms with Crippen LogP contribution in [0.4, 0.5) is 5.82 Å². The summed E-state index contributed by atoms with van der Waals surface area (Å²) in [7, 11) is 0. The molecule has 1 aliphatic heterocycles. The third-order valence-corrected chi connectivity index (χ3v) is 3.91. The molecule has 0 saturated carbocycles. The maximum atomic E-state index is 6.07. The fraction of sp³-hybridized carbons (Fsp3) is 0.733. The zero-order valence-corrected chi connectivity index (χ0v) is 14.1. The van der Waals surface area contributed by atoms with Crippen molar-refractivity contribution >= 4 is 17.6 Å². The van der Waals surface area contributed by atoms with Gasteiger partial charge in [0.2, 0.25) is 5.88 Å². The number of hydrogen-bond acceptors (Lipinski definition) is 6. The van der Waals surface area contributed by atoms with Crippen molar-refractivity contribution in [3.05, 3.63) is 6.07 Å². The highest BCUT2D eigenvalue weighted by Gasteiger charge is 2.26. The fourth-order valence-corrected chi connectivity index (χ4v) is 2.88. The van der Waals surface area contributed by atoms with Crippen LogP contribution >= 0.6 is 11.8 Å². The molecule has 1 N–H and O–H groups in total. The van der Waals surface area contributed by atoms with Gasteiger partial charge in [0.1, 0.15) is 11.9 Å². The molecule has 0 aliphatic carbocycles. The molecular formula is C15H25N3O2S. The first kappa shape index (κ1) is 16.4. The molecule has 0 bridgehead atoms. The molecule has 1 aromatic rings. The average Bonchev–Trinajstić information content (AvgIpc) is 2.43. The molecule has 1 fully saturated rings. The number of nitrogens with one attached hydrogen (secondary N) is 1. The van der Waals surface area contributed by atoms with Gasteiger partial charge in [-0.05, 0) is 26.5 Å². The van der Waals surface area contributed by atoms with Gasteiger partial charge in [-0.25, -0.2) is 4.98 Å². The maximum absolute atomic E-state index is 6.07. The molecule has 0 spiro atoms. The summed E-state index contributed by atoms with van der Waals surface area (Å²) in [6.45, 7) is 7.21. The Balaban J connectivity index is 2.07. The summed E-state index contributed by atoms with van der Waals surface area (Å²) in [5.41, 5.74) is 0. The molecule has 1 aromatic heterocycles. The van der Waals surface area contributed by atoms with Gasteiger partial charge < -0.3 is 14.8 Å². The first-order valence-electron chi connectivity index (χ1n) is 7.59. The third kappa shape index (κ3) is 5.04. The zero-order chi connectivity index (χ0) is 15.2. The van der Waals surface area contributed by atoms with Gasteiger partial charge in [-0.3, -0.25) is 0 Å². The van der Waals surface area contributed by atoms with Crippen LogP contribution in [0.5, 0.6) is 5.88 Å². The summed E-state index contributed by atoms with van der Waals surface area (Å²) in [5, 5.41) is 4.03. The van der Waals surface area contributed by atoms with E-state index in [-0.39, 0.29) is 18.3 Å². The molecule has 2 unspecified atom stereocenters. The standard InChI is InChI=1S/C15H25N3O2S/c1-5-6-16-13-9-14(18-15(17-13)21-4)20-12-7-10(2)19-11(3)8-12/h9-12H,5-8H2,1-4H3,(H,16,17,18). The minimum Gasteiger partial charge on any atom is -0.474 e.